The number of fused-ring (bicyclic) bond motifs is 1. The highest BCUT2D eigenvalue weighted by atomic mass is 16.5. The van der Waals surface area contributed by atoms with Crippen LogP contribution in [-0.4, -0.2) is 51.8 Å². The summed E-state index contributed by atoms with van der Waals surface area (Å²) in [6.45, 7) is 2.93. The van der Waals surface area contributed by atoms with Crippen molar-refractivity contribution in [2.24, 2.45) is 0 Å². The molecule has 1 amide bonds. The normalized spacial score (nSPS) is 14.5. The molecule has 1 fully saturated rings. The predicted octanol–water partition coefficient (Wildman–Crippen LogP) is 1.53. The second kappa shape index (κ2) is 7.49. The first-order valence-corrected chi connectivity index (χ1v) is 8.66. The zero-order chi connectivity index (χ0) is 17.8. The van der Waals surface area contributed by atoms with Crippen LogP contribution in [0.4, 0.5) is 11.6 Å². The van der Waals surface area contributed by atoms with Gasteiger partial charge in [0, 0.05) is 44.0 Å². The van der Waals surface area contributed by atoms with Crippen molar-refractivity contribution in [2.45, 2.75) is 12.8 Å². The van der Waals surface area contributed by atoms with E-state index in [1.54, 1.807) is 23.1 Å². The fourth-order valence-corrected chi connectivity index (χ4v) is 2.99. The van der Waals surface area contributed by atoms with E-state index in [-0.39, 0.29) is 5.91 Å². The number of carbonyl (C=O) groups excluding carboxylic acids is 1. The lowest BCUT2D eigenvalue weighted by atomic mass is 10.1. The van der Waals surface area contributed by atoms with Gasteiger partial charge in [-0.15, -0.1) is 0 Å². The Hall–Kier alpha value is -3.00. The van der Waals surface area contributed by atoms with Gasteiger partial charge in [0.05, 0.1) is 19.4 Å². The van der Waals surface area contributed by atoms with Crippen molar-refractivity contribution in [3.05, 3.63) is 48.4 Å². The first-order chi connectivity index (χ1) is 12.8. The fourth-order valence-electron chi connectivity index (χ4n) is 2.99. The molecule has 8 nitrogen and oxygen atoms in total. The van der Waals surface area contributed by atoms with Crippen molar-refractivity contribution in [3.63, 3.8) is 0 Å². The van der Waals surface area contributed by atoms with Gasteiger partial charge in [0.25, 0.3) is 0 Å². The largest absolute Gasteiger partial charge is 0.378 e. The van der Waals surface area contributed by atoms with Crippen molar-refractivity contribution in [2.75, 3.05) is 36.5 Å². The van der Waals surface area contributed by atoms with Gasteiger partial charge in [-0.2, -0.15) is 9.61 Å². The maximum absolute atomic E-state index is 12.3. The molecular formula is C18H20N6O2. The van der Waals surface area contributed by atoms with E-state index in [9.17, 15) is 4.79 Å². The summed E-state index contributed by atoms with van der Waals surface area (Å²) in [7, 11) is 0. The van der Waals surface area contributed by atoms with Crippen molar-refractivity contribution in [1.82, 2.24) is 19.6 Å². The average Bonchev–Trinajstić information content (AvgIpc) is 3.16. The molecule has 1 aliphatic heterocycles. The van der Waals surface area contributed by atoms with Gasteiger partial charge in [-0.25, -0.2) is 4.98 Å². The molecule has 0 radical (unpaired) electrons. The Bertz CT molecular complexity index is 889. The van der Waals surface area contributed by atoms with Crippen LogP contribution in [-0.2, 0) is 16.0 Å². The number of aryl methyl sites for hydroxylation is 1. The van der Waals surface area contributed by atoms with Crippen LogP contribution < -0.4 is 10.2 Å². The Labute approximate surface area is 150 Å². The molecule has 134 valence electrons. The quantitative estimate of drug-likeness (QED) is 0.750. The predicted molar refractivity (Wildman–Crippen MR) is 97.2 cm³/mol. The van der Waals surface area contributed by atoms with Gasteiger partial charge in [-0.1, -0.05) is 6.07 Å². The van der Waals surface area contributed by atoms with E-state index in [1.807, 2.05) is 24.3 Å². The molecule has 1 saturated heterocycles. The molecule has 0 bridgehead atoms. The molecule has 1 aliphatic rings. The van der Waals surface area contributed by atoms with E-state index >= 15 is 0 Å². The standard InChI is InChI=1S/C18H20N6O2/c25-17(4-3-14-2-1-6-19-13-14)22-15-12-18(23-8-10-26-11-9-23)24-16(21-15)5-7-20-24/h1-2,5-7,12-13H,3-4,8-11H2,(H,21,22,25). The highest BCUT2D eigenvalue weighted by molar-refractivity contribution is 5.90. The lowest BCUT2D eigenvalue weighted by Crippen LogP contribution is -2.37. The third-order valence-electron chi connectivity index (χ3n) is 4.31. The lowest BCUT2D eigenvalue weighted by Gasteiger charge is -2.29. The van der Waals surface area contributed by atoms with Crippen molar-refractivity contribution >= 4 is 23.2 Å². The molecule has 3 aromatic heterocycles. The zero-order valence-electron chi connectivity index (χ0n) is 14.3. The summed E-state index contributed by atoms with van der Waals surface area (Å²) in [5, 5.41) is 7.25. The minimum atomic E-state index is -0.0712. The van der Waals surface area contributed by atoms with Crippen LogP contribution >= 0.6 is 0 Å². The van der Waals surface area contributed by atoms with Crippen LogP contribution in [0.1, 0.15) is 12.0 Å². The minimum Gasteiger partial charge on any atom is -0.378 e. The van der Waals surface area contributed by atoms with Gasteiger partial charge in [-0.05, 0) is 18.1 Å². The molecule has 0 unspecified atom stereocenters. The first-order valence-electron chi connectivity index (χ1n) is 8.66. The molecule has 1 N–H and O–H groups in total. The van der Waals surface area contributed by atoms with E-state index in [0.29, 0.717) is 37.5 Å². The maximum atomic E-state index is 12.3. The summed E-state index contributed by atoms with van der Waals surface area (Å²) < 4.78 is 7.21. The van der Waals surface area contributed by atoms with Crippen molar-refractivity contribution in [3.8, 4) is 0 Å². The van der Waals surface area contributed by atoms with Gasteiger partial charge in [0.1, 0.15) is 11.6 Å². The SMILES string of the molecule is O=C(CCc1cccnc1)Nc1cc(N2CCOCC2)n2nccc2n1. The molecule has 4 rings (SSSR count). The topological polar surface area (TPSA) is 84.7 Å². The Kier molecular flexibility index (Phi) is 4.74. The van der Waals surface area contributed by atoms with Crippen LogP contribution in [0.25, 0.3) is 5.65 Å². The number of nitrogens with zero attached hydrogens (tertiary/aromatic N) is 5. The molecular weight excluding hydrogens is 332 g/mol. The minimum absolute atomic E-state index is 0.0712. The van der Waals surface area contributed by atoms with E-state index < -0.39 is 0 Å². The Morgan fingerprint density at radius 3 is 2.92 bits per heavy atom. The summed E-state index contributed by atoms with van der Waals surface area (Å²) in [5.41, 5.74) is 1.74. The summed E-state index contributed by atoms with van der Waals surface area (Å²) in [4.78, 5) is 23.1. The second-order valence-electron chi connectivity index (χ2n) is 6.11. The number of aromatic nitrogens is 4. The molecule has 3 aromatic rings. The van der Waals surface area contributed by atoms with Gasteiger partial charge in [-0.3, -0.25) is 9.78 Å². The lowest BCUT2D eigenvalue weighted by molar-refractivity contribution is -0.116. The third-order valence-corrected chi connectivity index (χ3v) is 4.31. The highest BCUT2D eigenvalue weighted by Crippen LogP contribution is 2.21. The van der Waals surface area contributed by atoms with Crippen LogP contribution in [0.3, 0.4) is 0 Å². The summed E-state index contributed by atoms with van der Waals surface area (Å²) >= 11 is 0. The number of hydrogen-bond donors (Lipinski definition) is 1. The Morgan fingerprint density at radius 1 is 1.23 bits per heavy atom. The number of nitrogens with one attached hydrogen (secondary N) is 1. The van der Waals surface area contributed by atoms with E-state index in [4.69, 9.17) is 4.74 Å². The first kappa shape index (κ1) is 16.5. The summed E-state index contributed by atoms with van der Waals surface area (Å²) in [5.74, 6) is 1.37. The number of rotatable bonds is 5. The average molecular weight is 352 g/mol. The van der Waals surface area contributed by atoms with Gasteiger partial charge < -0.3 is 15.0 Å². The van der Waals surface area contributed by atoms with Crippen LogP contribution in [0.5, 0.6) is 0 Å². The maximum Gasteiger partial charge on any atom is 0.225 e. The Morgan fingerprint density at radius 2 is 2.12 bits per heavy atom. The summed E-state index contributed by atoms with van der Waals surface area (Å²) in [6.07, 6.45) is 6.23. The van der Waals surface area contributed by atoms with Crippen LogP contribution in [0, 0.1) is 0 Å². The molecule has 0 atom stereocenters. The Balaban J connectivity index is 1.50. The third kappa shape index (κ3) is 3.65. The monoisotopic (exact) mass is 352 g/mol. The molecule has 8 heteroatoms. The van der Waals surface area contributed by atoms with Gasteiger partial charge in [0.15, 0.2) is 5.65 Å². The van der Waals surface area contributed by atoms with E-state index in [0.717, 1.165) is 24.5 Å². The molecule has 0 aliphatic carbocycles. The number of ether oxygens (including phenoxy) is 1. The molecule has 0 aromatic carbocycles. The molecule has 0 saturated carbocycles. The summed E-state index contributed by atoms with van der Waals surface area (Å²) in [6, 6.07) is 7.53. The smallest absolute Gasteiger partial charge is 0.225 e. The number of amides is 1. The highest BCUT2D eigenvalue weighted by Gasteiger charge is 2.17. The van der Waals surface area contributed by atoms with Crippen molar-refractivity contribution in [1.29, 1.82) is 0 Å². The van der Waals surface area contributed by atoms with Crippen molar-refractivity contribution < 1.29 is 9.53 Å². The van der Waals surface area contributed by atoms with Gasteiger partial charge in [0.2, 0.25) is 5.91 Å². The fraction of sp³-hybridized carbons (Fsp3) is 0.333. The van der Waals surface area contributed by atoms with Gasteiger partial charge >= 0.3 is 0 Å². The van der Waals surface area contributed by atoms with E-state index in [2.05, 4.69) is 25.3 Å². The number of hydrogen-bond acceptors (Lipinski definition) is 6. The van der Waals surface area contributed by atoms with Crippen LogP contribution in [0.15, 0.2) is 42.9 Å². The number of morpholine rings is 1. The molecule has 4 heterocycles. The number of carbonyl (C=O) groups is 1. The van der Waals surface area contributed by atoms with Crippen LogP contribution in [0.2, 0.25) is 0 Å². The van der Waals surface area contributed by atoms with E-state index in [1.165, 1.54) is 0 Å². The second-order valence-corrected chi connectivity index (χ2v) is 6.11. The molecule has 0 spiro atoms. The zero-order valence-corrected chi connectivity index (χ0v) is 14.3. The number of anilines is 2. The molecule has 26 heavy (non-hydrogen) atoms. The number of pyridine rings is 1.